The van der Waals surface area contributed by atoms with Gasteiger partial charge in [-0.05, 0) is 27.7 Å². The summed E-state index contributed by atoms with van der Waals surface area (Å²) < 4.78 is 4.30. The molecule has 5 nitrogen and oxygen atoms in total. The lowest BCUT2D eigenvalue weighted by atomic mass is 10.1. The standard InChI is InChI=1S/C11H19NO4S/c1-10(2,3)16-9(15)12-5-6-17-11(4,7-12)8(13)14/h5-7H2,1-4H3,(H,13,14). The quantitative estimate of drug-likeness (QED) is 0.779. The van der Waals surface area contributed by atoms with Crippen LogP contribution in [0.1, 0.15) is 27.7 Å². The molecule has 1 N–H and O–H groups in total. The summed E-state index contributed by atoms with van der Waals surface area (Å²) in [5.74, 6) is -0.280. The topological polar surface area (TPSA) is 66.8 Å². The van der Waals surface area contributed by atoms with Crippen LogP contribution in [0.3, 0.4) is 0 Å². The molecule has 1 atom stereocenters. The van der Waals surface area contributed by atoms with Gasteiger partial charge in [0, 0.05) is 18.8 Å². The van der Waals surface area contributed by atoms with Gasteiger partial charge in [-0.2, -0.15) is 0 Å². The molecule has 0 aromatic rings. The van der Waals surface area contributed by atoms with Crippen molar-refractivity contribution in [2.45, 2.75) is 38.0 Å². The van der Waals surface area contributed by atoms with Crippen molar-refractivity contribution in [1.29, 1.82) is 0 Å². The molecule has 0 aliphatic carbocycles. The zero-order chi connectivity index (χ0) is 13.3. The molecule has 0 bridgehead atoms. The number of amides is 1. The van der Waals surface area contributed by atoms with Crippen LogP contribution in [0.2, 0.25) is 0 Å². The van der Waals surface area contributed by atoms with Crippen LogP contribution < -0.4 is 0 Å². The zero-order valence-corrected chi connectivity index (χ0v) is 11.5. The third-order valence-electron chi connectivity index (χ3n) is 2.38. The number of thioether (sulfide) groups is 1. The first-order valence-corrected chi connectivity index (χ1v) is 6.48. The molecule has 0 aromatic carbocycles. The van der Waals surface area contributed by atoms with Gasteiger partial charge >= 0.3 is 12.1 Å². The second kappa shape index (κ2) is 4.76. The number of hydrogen-bond acceptors (Lipinski definition) is 4. The van der Waals surface area contributed by atoms with Crippen molar-refractivity contribution in [1.82, 2.24) is 4.90 Å². The number of ether oxygens (including phenoxy) is 1. The first kappa shape index (κ1) is 14.2. The number of carboxylic acids is 1. The number of aliphatic carboxylic acids is 1. The van der Waals surface area contributed by atoms with E-state index in [1.54, 1.807) is 27.7 Å². The molecule has 1 aliphatic rings. The Hall–Kier alpha value is -0.910. The molecule has 1 rings (SSSR count). The van der Waals surface area contributed by atoms with Gasteiger partial charge in [0.25, 0.3) is 0 Å². The molecule has 17 heavy (non-hydrogen) atoms. The van der Waals surface area contributed by atoms with E-state index in [1.165, 1.54) is 16.7 Å². The van der Waals surface area contributed by atoms with Crippen LogP contribution in [0.25, 0.3) is 0 Å². The smallest absolute Gasteiger partial charge is 0.410 e. The van der Waals surface area contributed by atoms with Gasteiger partial charge in [0.15, 0.2) is 0 Å². The van der Waals surface area contributed by atoms with E-state index in [1.807, 2.05) is 0 Å². The molecular weight excluding hydrogens is 242 g/mol. The Labute approximate surface area is 105 Å². The fraction of sp³-hybridized carbons (Fsp3) is 0.818. The number of rotatable bonds is 1. The predicted octanol–water partition coefficient (Wildman–Crippen LogP) is 1.81. The molecule has 1 aliphatic heterocycles. The van der Waals surface area contributed by atoms with Crippen LogP contribution >= 0.6 is 11.8 Å². The SMILES string of the molecule is CC(C)(C)OC(=O)N1CCSC(C)(C(=O)O)C1. The van der Waals surface area contributed by atoms with Gasteiger partial charge in [0.1, 0.15) is 10.3 Å². The van der Waals surface area contributed by atoms with Gasteiger partial charge < -0.3 is 14.7 Å². The monoisotopic (exact) mass is 261 g/mol. The zero-order valence-electron chi connectivity index (χ0n) is 10.6. The molecule has 1 fully saturated rings. The van der Waals surface area contributed by atoms with E-state index >= 15 is 0 Å². The van der Waals surface area contributed by atoms with Gasteiger partial charge in [0.05, 0.1) is 0 Å². The minimum absolute atomic E-state index is 0.182. The summed E-state index contributed by atoms with van der Waals surface area (Å²) in [5, 5.41) is 9.13. The van der Waals surface area contributed by atoms with Crippen LogP contribution in [0, 0.1) is 0 Å². The molecule has 6 heteroatoms. The molecule has 1 amide bonds. The predicted molar refractivity (Wildman–Crippen MR) is 66.3 cm³/mol. The van der Waals surface area contributed by atoms with Crippen molar-refractivity contribution in [2.75, 3.05) is 18.8 Å². The largest absolute Gasteiger partial charge is 0.480 e. The highest BCUT2D eigenvalue weighted by molar-refractivity contribution is 8.01. The number of hydrogen-bond donors (Lipinski definition) is 1. The average Bonchev–Trinajstić information content (AvgIpc) is 2.15. The highest BCUT2D eigenvalue weighted by atomic mass is 32.2. The summed E-state index contributed by atoms with van der Waals surface area (Å²) in [5.41, 5.74) is -0.554. The third-order valence-corrected chi connectivity index (χ3v) is 3.71. The average molecular weight is 261 g/mol. The molecule has 0 aromatic heterocycles. The molecule has 1 unspecified atom stereocenters. The third kappa shape index (κ3) is 3.80. The van der Waals surface area contributed by atoms with Crippen LogP contribution in [-0.2, 0) is 9.53 Å². The molecule has 0 radical (unpaired) electrons. The van der Waals surface area contributed by atoms with Gasteiger partial charge in [0.2, 0.25) is 0 Å². The van der Waals surface area contributed by atoms with E-state index < -0.39 is 22.4 Å². The van der Waals surface area contributed by atoms with E-state index in [0.29, 0.717) is 12.3 Å². The van der Waals surface area contributed by atoms with Crippen LogP contribution in [0.5, 0.6) is 0 Å². The van der Waals surface area contributed by atoms with Gasteiger partial charge in [-0.1, -0.05) is 0 Å². The van der Waals surface area contributed by atoms with Crippen LogP contribution in [-0.4, -0.2) is 51.3 Å². The number of carbonyl (C=O) groups is 2. The molecule has 0 spiro atoms. The molecular formula is C11H19NO4S. The minimum atomic E-state index is -0.935. The first-order chi connectivity index (χ1) is 7.64. The maximum atomic E-state index is 11.8. The molecule has 0 saturated carbocycles. The van der Waals surface area contributed by atoms with E-state index in [2.05, 4.69) is 0 Å². The van der Waals surface area contributed by atoms with E-state index in [0.717, 1.165) is 0 Å². The highest BCUT2D eigenvalue weighted by Gasteiger charge is 2.41. The normalized spacial score (nSPS) is 25.5. The van der Waals surface area contributed by atoms with Crippen molar-refractivity contribution in [2.24, 2.45) is 0 Å². The Bertz CT molecular complexity index is 326. The summed E-state index contributed by atoms with van der Waals surface area (Å²) in [4.78, 5) is 24.4. The maximum absolute atomic E-state index is 11.8. The van der Waals surface area contributed by atoms with E-state index in [-0.39, 0.29) is 6.54 Å². The number of carbonyl (C=O) groups excluding carboxylic acids is 1. The van der Waals surface area contributed by atoms with Crippen molar-refractivity contribution in [3.8, 4) is 0 Å². The second-order valence-corrected chi connectivity index (χ2v) is 6.88. The Kier molecular flexibility index (Phi) is 3.96. The Morgan fingerprint density at radius 2 is 2.00 bits per heavy atom. The molecule has 98 valence electrons. The van der Waals surface area contributed by atoms with Crippen molar-refractivity contribution in [3.63, 3.8) is 0 Å². The lowest BCUT2D eigenvalue weighted by molar-refractivity contribution is -0.139. The lowest BCUT2D eigenvalue weighted by Gasteiger charge is -2.37. The summed E-state index contributed by atoms with van der Waals surface area (Å²) >= 11 is 1.36. The molecule has 1 saturated heterocycles. The molecule has 1 heterocycles. The Morgan fingerprint density at radius 1 is 1.41 bits per heavy atom. The Morgan fingerprint density at radius 3 is 2.47 bits per heavy atom. The van der Waals surface area contributed by atoms with Crippen molar-refractivity contribution in [3.05, 3.63) is 0 Å². The van der Waals surface area contributed by atoms with Crippen LogP contribution in [0.4, 0.5) is 4.79 Å². The van der Waals surface area contributed by atoms with Gasteiger partial charge in [-0.25, -0.2) is 4.79 Å². The van der Waals surface area contributed by atoms with Crippen LogP contribution in [0.15, 0.2) is 0 Å². The van der Waals surface area contributed by atoms with Gasteiger partial charge in [-0.3, -0.25) is 4.79 Å². The summed E-state index contributed by atoms with van der Waals surface area (Å²) in [6, 6.07) is 0. The second-order valence-electron chi connectivity index (χ2n) is 5.29. The summed E-state index contributed by atoms with van der Waals surface area (Å²) in [6.45, 7) is 7.72. The fourth-order valence-corrected chi connectivity index (χ4v) is 2.61. The number of nitrogens with zero attached hydrogens (tertiary/aromatic N) is 1. The van der Waals surface area contributed by atoms with Crippen molar-refractivity contribution >= 4 is 23.8 Å². The Balaban J connectivity index is 2.67. The summed E-state index contributed by atoms with van der Waals surface area (Å²) in [6.07, 6.45) is -0.440. The first-order valence-electron chi connectivity index (χ1n) is 5.49. The minimum Gasteiger partial charge on any atom is -0.480 e. The highest BCUT2D eigenvalue weighted by Crippen LogP contribution is 2.31. The van der Waals surface area contributed by atoms with E-state index in [9.17, 15) is 9.59 Å². The summed E-state index contributed by atoms with van der Waals surface area (Å²) in [7, 11) is 0. The van der Waals surface area contributed by atoms with Crippen molar-refractivity contribution < 1.29 is 19.4 Å². The van der Waals surface area contributed by atoms with Gasteiger partial charge in [-0.15, -0.1) is 11.8 Å². The number of carboxylic acid groups (broad SMARTS) is 1. The fourth-order valence-electron chi connectivity index (χ4n) is 1.48. The lowest BCUT2D eigenvalue weighted by Crippen LogP contribution is -2.52. The van der Waals surface area contributed by atoms with E-state index in [4.69, 9.17) is 9.84 Å². The maximum Gasteiger partial charge on any atom is 0.410 e.